The first-order valence-corrected chi connectivity index (χ1v) is 7.34. The van der Waals surface area contributed by atoms with Gasteiger partial charge in [0.1, 0.15) is 0 Å². The van der Waals surface area contributed by atoms with Crippen LogP contribution in [-0.4, -0.2) is 37.0 Å². The summed E-state index contributed by atoms with van der Waals surface area (Å²) in [5, 5.41) is 1.93. The van der Waals surface area contributed by atoms with Gasteiger partial charge in [0.25, 0.3) is 5.91 Å². The maximum absolute atomic E-state index is 12.4. The minimum Gasteiger partial charge on any atom is -0.469 e. The summed E-state index contributed by atoms with van der Waals surface area (Å²) < 4.78 is 4.75. The van der Waals surface area contributed by atoms with E-state index in [4.69, 9.17) is 4.74 Å². The zero-order valence-electron chi connectivity index (χ0n) is 11.6. The van der Waals surface area contributed by atoms with Gasteiger partial charge in [-0.25, -0.2) is 0 Å². The van der Waals surface area contributed by atoms with Crippen LogP contribution < -0.4 is 0 Å². The van der Waals surface area contributed by atoms with Crippen LogP contribution in [0.4, 0.5) is 0 Å². The molecule has 1 amide bonds. The third kappa shape index (κ3) is 2.81. The second-order valence-corrected chi connectivity index (χ2v) is 6.00. The summed E-state index contributed by atoms with van der Waals surface area (Å²) in [5.41, 5.74) is 1.88. The average Bonchev–Trinajstić information content (AvgIpc) is 2.77. The second kappa shape index (κ2) is 5.74. The lowest BCUT2D eigenvalue weighted by Crippen LogP contribution is -2.40. The summed E-state index contributed by atoms with van der Waals surface area (Å²) in [6.45, 7) is 5.28. The molecule has 0 atom stereocenters. The Bertz CT molecular complexity index is 487. The molecular weight excluding hydrogens is 262 g/mol. The van der Waals surface area contributed by atoms with E-state index >= 15 is 0 Å². The van der Waals surface area contributed by atoms with Crippen molar-refractivity contribution in [1.29, 1.82) is 0 Å². The highest BCUT2D eigenvalue weighted by Crippen LogP contribution is 2.25. The van der Waals surface area contributed by atoms with E-state index in [2.05, 4.69) is 0 Å². The van der Waals surface area contributed by atoms with Crippen molar-refractivity contribution >= 4 is 23.2 Å². The zero-order chi connectivity index (χ0) is 14.0. The number of methoxy groups -OCH3 is 1. The predicted molar refractivity (Wildman–Crippen MR) is 74.4 cm³/mol. The highest BCUT2D eigenvalue weighted by atomic mass is 32.1. The molecular formula is C14H19NO3S. The summed E-state index contributed by atoms with van der Waals surface area (Å²) in [4.78, 5) is 26.9. The third-order valence-corrected chi connectivity index (χ3v) is 4.85. The number of esters is 1. The van der Waals surface area contributed by atoms with E-state index in [-0.39, 0.29) is 17.8 Å². The first-order valence-electron chi connectivity index (χ1n) is 6.46. The largest absolute Gasteiger partial charge is 0.469 e. The number of ether oxygens (including phenoxy) is 1. The minimum atomic E-state index is -0.158. The number of aryl methyl sites for hydroxylation is 1. The Morgan fingerprint density at radius 1 is 1.32 bits per heavy atom. The molecule has 2 rings (SSSR count). The second-order valence-electron chi connectivity index (χ2n) is 4.92. The molecule has 1 saturated heterocycles. The molecule has 0 radical (unpaired) electrons. The molecule has 1 fully saturated rings. The minimum absolute atomic E-state index is 0.0562. The predicted octanol–water partition coefficient (Wildman–Crippen LogP) is 2.39. The average molecular weight is 281 g/mol. The molecule has 0 saturated carbocycles. The molecule has 5 heteroatoms. The number of nitrogens with zero attached hydrogens (tertiary/aromatic N) is 1. The Labute approximate surface area is 117 Å². The Morgan fingerprint density at radius 3 is 2.42 bits per heavy atom. The molecule has 4 nitrogen and oxygen atoms in total. The molecule has 1 aliphatic rings. The van der Waals surface area contributed by atoms with E-state index in [9.17, 15) is 9.59 Å². The number of likely N-dealkylation sites (tertiary alicyclic amines) is 1. The van der Waals surface area contributed by atoms with Gasteiger partial charge >= 0.3 is 5.97 Å². The molecule has 0 unspecified atom stereocenters. The van der Waals surface area contributed by atoms with Crippen molar-refractivity contribution in [1.82, 2.24) is 4.90 Å². The lowest BCUT2D eigenvalue weighted by molar-refractivity contribution is -0.146. The highest BCUT2D eigenvalue weighted by molar-refractivity contribution is 7.10. The topological polar surface area (TPSA) is 46.6 Å². The van der Waals surface area contributed by atoms with Gasteiger partial charge < -0.3 is 9.64 Å². The Hall–Kier alpha value is -1.36. The van der Waals surface area contributed by atoms with Gasteiger partial charge in [-0.3, -0.25) is 9.59 Å². The fourth-order valence-electron chi connectivity index (χ4n) is 2.38. The van der Waals surface area contributed by atoms with Gasteiger partial charge in [0.05, 0.1) is 18.6 Å². The quantitative estimate of drug-likeness (QED) is 0.782. The van der Waals surface area contributed by atoms with Crippen molar-refractivity contribution in [3.05, 3.63) is 21.4 Å². The Morgan fingerprint density at radius 2 is 1.95 bits per heavy atom. The molecule has 104 valence electrons. The number of carbonyl (C=O) groups is 2. The van der Waals surface area contributed by atoms with Crippen molar-refractivity contribution in [2.45, 2.75) is 26.7 Å². The summed E-state index contributed by atoms with van der Waals surface area (Å²) in [5.74, 6) is -0.126. The Kier molecular flexibility index (Phi) is 4.24. The molecule has 1 aromatic heterocycles. The van der Waals surface area contributed by atoms with Crippen LogP contribution in [-0.2, 0) is 9.53 Å². The molecule has 0 bridgehead atoms. The van der Waals surface area contributed by atoms with Crippen molar-refractivity contribution in [2.24, 2.45) is 5.92 Å². The van der Waals surface area contributed by atoms with Crippen LogP contribution in [0, 0.1) is 19.8 Å². The van der Waals surface area contributed by atoms with E-state index < -0.39 is 0 Å². The van der Waals surface area contributed by atoms with Crippen LogP contribution in [0.25, 0.3) is 0 Å². The van der Waals surface area contributed by atoms with Crippen LogP contribution >= 0.6 is 11.3 Å². The maximum atomic E-state index is 12.4. The lowest BCUT2D eigenvalue weighted by atomic mass is 9.96. The van der Waals surface area contributed by atoms with Crippen molar-refractivity contribution in [3.8, 4) is 0 Å². The fraction of sp³-hybridized carbons (Fsp3) is 0.571. The molecule has 1 aliphatic heterocycles. The van der Waals surface area contributed by atoms with Crippen LogP contribution in [0.15, 0.2) is 5.38 Å². The number of hydrogen-bond acceptors (Lipinski definition) is 4. The van der Waals surface area contributed by atoms with Crippen LogP contribution in [0.5, 0.6) is 0 Å². The number of hydrogen-bond donors (Lipinski definition) is 0. The summed E-state index contributed by atoms with van der Waals surface area (Å²) >= 11 is 1.61. The van der Waals surface area contributed by atoms with Gasteiger partial charge in [-0.2, -0.15) is 0 Å². The van der Waals surface area contributed by atoms with E-state index in [1.54, 1.807) is 11.3 Å². The van der Waals surface area contributed by atoms with E-state index in [1.807, 2.05) is 24.1 Å². The van der Waals surface area contributed by atoms with Gasteiger partial charge in [-0.05, 0) is 32.3 Å². The van der Waals surface area contributed by atoms with Gasteiger partial charge in [0, 0.05) is 23.3 Å². The fourth-order valence-corrected chi connectivity index (χ4v) is 3.24. The lowest BCUT2D eigenvalue weighted by Gasteiger charge is -2.30. The monoisotopic (exact) mass is 281 g/mol. The molecule has 1 aromatic rings. The Balaban J connectivity index is 2.00. The molecule has 0 spiro atoms. The number of piperidine rings is 1. The molecule has 0 aromatic carbocycles. The van der Waals surface area contributed by atoms with Gasteiger partial charge in [-0.15, -0.1) is 11.3 Å². The van der Waals surface area contributed by atoms with Crippen molar-refractivity contribution in [3.63, 3.8) is 0 Å². The zero-order valence-corrected chi connectivity index (χ0v) is 12.4. The maximum Gasteiger partial charge on any atom is 0.308 e. The third-order valence-electron chi connectivity index (χ3n) is 3.83. The molecule has 0 N–H and O–H groups in total. The molecule has 0 aliphatic carbocycles. The standard InChI is InChI=1S/C14H19NO3S/c1-9-10(2)19-8-12(9)13(16)15-6-4-11(5-7-15)14(17)18-3/h8,11H,4-7H2,1-3H3. The SMILES string of the molecule is COC(=O)C1CCN(C(=O)c2csc(C)c2C)CC1. The van der Waals surface area contributed by atoms with Gasteiger partial charge in [-0.1, -0.05) is 0 Å². The van der Waals surface area contributed by atoms with E-state index in [0.29, 0.717) is 25.9 Å². The van der Waals surface area contributed by atoms with Gasteiger partial charge in [0.15, 0.2) is 0 Å². The van der Waals surface area contributed by atoms with Crippen molar-refractivity contribution < 1.29 is 14.3 Å². The first-order chi connectivity index (χ1) is 9.04. The van der Waals surface area contributed by atoms with E-state index in [0.717, 1.165) is 11.1 Å². The highest BCUT2D eigenvalue weighted by Gasteiger charge is 2.29. The summed E-state index contributed by atoms with van der Waals surface area (Å²) in [7, 11) is 1.41. The number of thiophene rings is 1. The van der Waals surface area contributed by atoms with Crippen molar-refractivity contribution in [2.75, 3.05) is 20.2 Å². The van der Waals surface area contributed by atoms with Crippen LogP contribution in [0.3, 0.4) is 0 Å². The first kappa shape index (κ1) is 14.1. The number of carbonyl (C=O) groups excluding carboxylic acids is 2. The number of rotatable bonds is 2. The van der Waals surface area contributed by atoms with Gasteiger partial charge in [0.2, 0.25) is 0 Å². The molecule has 2 heterocycles. The summed E-state index contributed by atoms with van der Waals surface area (Å²) in [6.07, 6.45) is 1.39. The smallest absolute Gasteiger partial charge is 0.308 e. The molecule has 19 heavy (non-hydrogen) atoms. The normalized spacial score (nSPS) is 16.5. The summed E-state index contributed by atoms with van der Waals surface area (Å²) in [6, 6.07) is 0. The number of amides is 1. The van der Waals surface area contributed by atoms with Crippen LogP contribution in [0.1, 0.15) is 33.6 Å². The van der Waals surface area contributed by atoms with E-state index in [1.165, 1.54) is 12.0 Å². The van der Waals surface area contributed by atoms with Crippen LogP contribution in [0.2, 0.25) is 0 Å².